The third-order valence-corrected chi connectivity index (χ3v) is 7.40. The van der Waals surface area contributed by atoms with Crippen LogP contribution >= 0.6 is 0 Å². The summed E-state index contributed by atoms with van der Waals surface area (Å²) in [7, 11) is 1.22. The maximum absolute atomic E-state index is 13.2. The highest BCUT2D eigenvalue weighted by molar-refractivity contribution is 5.94. The zero-order chi connectivity index (χ0) is 28.4. The van der Waals surface area contributed by atoms with Crippen molar-refractivity contribution in [1.29, 1.82) is 0 Å². The number of alkyl halides is 3. The Morgan fingerprint density at radius 3 is 2.55 bits per heavy atom. The Morgan fingerprint density at radius 2 is 1.82 bits per heavy atom. The van der Waals surface area contributed by atoms with E-state index >= 15 is 0 Å². The first-order valence-corrected chi connectivity index (χ1v) is 13.0. The third-order valence-electron chi connectivity index (χ3n) is 7.40. The number of esters is 1. The number of hydrogen-bond donors (Lipinski definition) is 2. The predicted molar refractivity (Wildman–Crippen MR) is 135 cm³/mol. The molecule has 40 heavy (non-hydrogen) atoms. The predicted octanol–water partition coefficient (Wildman–Crippen LogP) is 4.24. The fraction of sp³-hybridized carbons (Fsp3) is 0.444. The van der Waals surface area contributed by atoms with E-state index in [1.54, 1.807) is 4.90 Å². The van der Waals surface area contributed by atoms with Gasteiger partial charge in [-0.3, -0.25) is 20.1 Å². The van der Waals surface area contributed by atoms with Crippen LogP contribution in [0, 0.1) is 5.92 Å². The molecule has 0 aromatic heterocycles. The van der Waals surface area contributed by atoms with Crippen molar-refractivity contribution in [3.8, 4) is 5.75 Å². The summed E-state index contributed by atoms with van der Waals surface area (Å²) in [4.78, 5) is 39.5. The van der Waals surface area contributed by atoms with Crippen molar-refractivity contribution in [1.82, 2.24) is 15.9 Å². The van der Waals surface area contributed by atoms with Gasteiger partial charge in [0, 0.05) is 17.5 Å². The first kappa shape index (κ1) is 27.6. The summed E-state index contributed by atoms with van der Waals surface area (Å²) in [5.74, 6) is -1.79. The number of carbonyl (C=O) groups excluding carboxylic acids is 3. The van der Waals surface area contributed by atoms with E-state index in [4.69, 9.17) is 4.74 Å². The molecular weight excluding hydrogens is 533 g/mol. The van der Waals surface area contributed by atoms with Gasteiger partial charge in [-0.1, -0.05) is 30.7 Å². The molecular formula is C27H29F3N4O6. The van der Waals surface area contributed by atoms with Gasteiger partial charge < -0.3 is 14.2 Å². The van der Waals surface area contributed by atoms with E-state index < -0.39 is 36.7 Å². The van der Waals surface area contributed by atoms with E-state index in [-0.39, 0.29) is 29.6 Å². The minimum atomic E-state index is -4.88. The minimum absolute atomic E-state index is 0.00476. The summed E-state index contributed by atoms with van der Waals surface area (Å²) >= 11 is 0. The number of methoxy groups -OCH3 is 1. The van der Waals surface area contributed by atoms with Gasteiger partial charge in [-0.15, -0.1) is 18.7 Å². The summed E-state index contributed by atoms with van der Waals surface area (Å²) in [6, 6.07) is 11.9. The van der Waals surface area contributed by atoms with Crippen molar-refractivity contribution in [2.45, 2.75) is 56.6 Å². The molecule has 2 saturated carbocycles. The Morgan fingerprint density at radius 1 is 1.05 bits per heavy atom. The lowest BCUT2D eigenvalue weighted by Crippen LogP contribution is -2.59. The molecule has 2 aromatic rings. The van der Waals surface area contributed by atoms with Crippen molar-refractivity contribution < 1.29 is 41.8 Å². The largest absolute Gasteiger partial charge is 0.573 e. The summed E-state index contributed by atoms with van der Waals surface area (Å²) < 4.78 is 51.7. The number of ether oxygens (including phenoxy) is 3. The average molecular weight is 563 g/mol. The molecule has 2 aliphatic carbocycles. The molecule has 3 aliphatic rings. The number of hydrogen-bond acceptors (Lipinski definition) is 8. The van der Waals surface area contributed by atoms with Crippen LogP contribution in [0.2, 0.25) is 0 Å². The number of nitrogens with zero attached hydrogens (tertiary/aromatic N) is 2. The van der Waals surface area contributed by atoms with Crippen LogP contribution in [-0.2, 0) is 14.3 Å². The number of carbonyl (C=O) groups is 3. The van der Waals surface area contributed by atoms with E-state index in [2.05, 4.69) is 20.4 Å². The van der Waals surface area contributed by atoms with Gasteiger partial charge in [0.1, 0.15) is 5.75 Å². The topological polar surface area (TPSA) is 109 Å². The van der Waals surface area contributed by atoms with Crippen LogP contribution in [0.25, 0.3) is 0 Å². The molecule has 2 amide bonds. The van der Waals surface area contributed by atoms with Crippen LogP contribution in [0.5, 0.6) is 5.75 Å². The Kier molecular flexibility index (Phi) is 7.74. The second-order valence-corrected chi connectivity index (χ2v) is 9.95. The molecule has 3 atom stereocenters. The molecule has 1 aliphatic heterocycles. The third kappa shape index (κ3) is 5.93. The van der Waals surface area contributed by atoms with Crippen molar-refractivity contribution in [3.63, 3.8) is 0 Å². The second kappa shape index (κ2) is 11.2. The zero-order valence-corrected chi connectivity index (χ0v) is 21.6. The van der Waals surface area contributed by atoms with Crippen molar-refractivity contribution >= 4 is 23.7 Å². The lowest BCUT2D eigenvalue weighted by atomic mass is 9.82. The lowest BCUT2D eigenvalue weighted by Gasteiger charge is -2.47. The number of nitrogens with one attached hydrogen (secondary N) is 2. The zero-order valence-electron chi connectivity index (χ0n) is 21.6. The maximum atomic E-state index is 13.2. The summed E-state index contributed by atoms with van der Waals surface area (Å²) in [5.41, 5.74) is 7.15. The van der Waals surface area contributed by atoms with Crippen molar-refractivity contribution in [2.24, 2.45) is 5.92 Å². The molecule has 0 bridgehead atoms. The maximum Gasteiger partial charge on any atom is 0.573 e. The van der Waals surface area contributed by atoms with Gasteiger partial charge in [0.25, 0.3) is 5.91 Å². The molecule has 2 aromatic carbocycles. The SMILES string of the molecule is COC(=O)COC(=O)N(C1CC1)C1c2ccccc2N(NNC(=O)c2cccc(OC(F)(F)F)c2)C2CCCC21. The van der Waals surface area contributed by atoms with Gasteiger partial charge in [0.05, 0.1) is 24.9 Å². The number of hydrazine groups is 2. The molecule has 3 unspecified atom stereocenters. The number of halogens is 3. The first-order chi connectivity index (χ1) is 19.2. The van der Waals surface area contributed by atoms with Crippen LogP contribution in [0.4, 0.5) is 23.7 Å². The van der Waals surface area contributed by atoms with Gasteiger partial charge in [0.15, 0.2) is 6.61 Å². The number of rotatable bonds is 8. The van der Waals surface area contributed by atoms with Gasteiger partial charge in [-0.05, 0) is 55.5 Å². The van der Waals surface area contributed by atoms with E-state index in [0.717, 1.165) is 55.5 Å². The Labute approximate surface area is 228 Å². The highest BCUT2D eigenvalue weighted by Crippen LogP contribution is 2.52. The van der Waals surface area contributed by atoms with Crippen LogP contribution in [0.1, 0.15) is 54.1 Å². The van der Waals surface area contributed by atoms with Crippen LogP contribution in [-0.4, -0.2) is 55.0 Å². The molecule has 0 spiro atoms. The monoisotopic (exact) mass is 562 g/mol. The molecule has 10 nitrogen and oxygen atoms in total. The van der Waals surface area contributed by atoms with Gasteiger partial charge >= 0.3 is 18.4 Å². The Balaban J connectivity index is 1.37. The smallest absolute Gasteiger partial charge is 0.466 e. The first-order valence-electron chi connectivity index (χ1n) is 13.0. The fourth-order valence-corrected chi connectivity index (χ4v) is 5.64. The van der Waals surface area contributed by atoms with Crippen LogP contribution < -0.4 is 20.7 Å². The van der Waals surface area contributed by atoms with Crippen LogP contribution in [0.15, 0.2) is 48.5 Å². The summed E-state index contributed by atoms with van der Waals surface area (Å²) in [5, 5.41) is 1.85. The molecule has 214 valence electrons. The van der Waals surface area contributed by atoms with E-state index in [1.807, 2.05) is 29.3 Å². The Hall–Kier alpha value is -4.00. The highest BCUT2D eigenvalue weighted by Gasteiger charge is 2.51. The van der Waals surface area contributed by atoms with Crippen molar-refractivity contribution in [2.75, 3.05) is 18.7 Å². The number of fused-ring (bicyclic) bond motifs is 2. The van der Waals surface area contributed by atoms with Gasteiger partial charge in [0.2, 0.25) is 0 Å². The quantitative estimate of drug-likeness (QED) is 0.363. The average Bonchev–Trinajstić information content (AvgIpc) is 3.65. The summed E-state index contributed by atoms with van der Waals surface area (Å²) in [6.07, 6.45) is -1.30. The van der Waals surface area contributed by atoms with Crippen molar-refractivity contribution in [3.05, 3.63) is 59.7 Å². The summed E-state index contributed by atoms with van der Waals surface area (Å²) in [6.45, 7) is -0.476. The number of para-hydroxylation sites is 1. The number of amides is 2. The van der Waals surface area contributed by atoms with Gasteiger partial charge in [-0.25, -0.2) is 9.59 Å². The lowest BCUT2D eigenvalue weighted by molar-refractivity contribution is -0.274. The molecule has 0 saturated heterocycles. The number of anilines is 1. The molecule has 0 radical (unpaired) electrons. The van der Waals surface area contributed by atoms with E-state index in [1.165, 1.54) is 19.2 Å². The fourth-order valence-electron chi connectivity index (χ4n) is 5.64. The van der Waals surface area contributed by atoms with Gasteiger partial charge in [-0.2, -0.15) is 0 Å². The normalized spacial score (nSPS) is 21.6. The van der Waals surface area contributed by atoms with E-state index in [0.29, 0.717) is 0 Å². The Bertz CT molecular complexity index is 1270. The molecule has 5 rings (SSSR count). The highest BCUT2D eigenvalue weighted by atomic mass is 19.4. The second-order valence-electron chi connectivity index (χ2n) is 9.95. The van der Waals surface area contributed by atoms with E-state index in [9.17, 15) is 27.6 Å². The molecule has 2 N–H and O–H groups in total. The molecule has 2 fully saturated rings. The molecule has 1 heterocycles. The molecule has 13 heteroatoms. The minimum Gasteiger partial charge on any atom is -0.466 e. The number of benzene rings is 2. The standard InChI is InChI=1S/C27H29F3N4O6/c1-38-23(35)15-39-26(37)33(17-12-13-17)24-19-8-2-3-10-21(19)34(22-11-5-9-20(22)24)32-31-25(36)16-6-4-7-18(14-16)40-27(28,29)30/h2-4,6-8,10,14,17,20,22,24,32H,5,9,11-13,15H2,1H3,(H,31,36). The van der Waals surface area contributed by atoms with Crippen LogP contribution in [0.3, 0.4) is 0 Å².